The molecule has 1 aliphatic rings. The molecule has 0 spiro atoms. The molecule has 6 heteroatoms. The van der Waals surface area contributed by atoms with Gasteiger partial charge in [-0.05, 0) is 11.6 Å². The molecule has 118 valence electrons. The minimum Gasteiger partial charge on any atom is -0.370 e. The molecule has 23 heavy (non-hydrogen) atoms. The van der Waals surface area contributed by atoms with E-state index < -0.39 is 4.92 Å². The lowest BCUT2D eigenvalue weighted by molar-refractivity contribution is -0.385. The van der Waals surface area contributed by atoms with Crippen LogP contribution < -0.4 is 0 Å². The van der Waals surface area contributed by atoms with Gasteiger partial charge in [0.1, 0.15) is 11.7 Å². The van der Waals surface area contributed by atoms with Crippen LogP contribution in [0.4, 0.5) is 5.69 Å². The van der Waals surface area contributed by atoms with E-state index >= 15 is 0 Å². The highest BCUT2D eigenvalue weighted by Crippen LogP contribution is 2.25. The average molecular weight is 312 g/mol. The third-order valence-corrected chi connectivity index (χ3v) is 3.86. The number of hydrogen-bond donors (Lipinski definition) is 0. The largest absolute Gasteiger partial charge is 0.370 e. The molecule has 0 saturated carbocycles. The van der Waals surface area contributed by atoms with Crippen LogP contribution in [0.15, 0.2) is 54.6 Å². The highest BCUT2D eigenvalue weighted by Gasteiger charge is 2.29. The Kier molecular flexibility index (Phi) is 4.34. The maximum atomic E-state index is 12.7. The molecule has 0 aliphatic carbocycles. The number of ether oxygens (including phenoxy) is 1. The molecular formula is C17H16N2O4. The fourth-order valence-corrected chi connectivity index (χ4v) is 2.69. The van der Waals surface area contributed by atoms with Gasteiger partial charge in [-0.2, -0.15) is 0 Å². The SMILES string of the molecule is O=C(c1ccccc1[N+](=O)[O-])N1CCO[C@@H](c2ccccc2)C1. The number of nitro groups is 1. The van der Waals surface area contributed by atoms with E-state index in [1.807, 2.05) is 30.3 Å². The number of para-hydroxylation sites is 1. The molecule has 0 N–H and O–H groups in total. The number of nitrogens with zero attached hydrogens (tertiary/aromatic N) is 2. The first-order valence-corrected chi connectivity index (χ1v) is 7.36. The zero-order valence-electron chi connectivity index (χ0n) is 12.4. The molecule has 1 fully saturated rings. The fourth-order valence-electron chi connectivity index (χ4n) is 2.69. The van der Waals surface area contributed by atoms with Crippen molar-refractivity contribution in [3.8, 4) is 0 Å². The van der Waals surface area contributed by atoms with E-state index in [4.69, 9.17) is 4.74 Å². The summed E-state index contributed by atoms with van der Waals surface area (Å²) in [6, 6.07) is 15.7. The lowest BCUT2D eigenvalue weighted by atomic mass is 10.1. The van der Waals surface area contributed by atoms with Gasteiger partial charge in [0.2, 0.25) is 0 Å². The van der Waals surface area contributed by atoms with Gasteiger partial charge >= 0.3 is 0 Å². The number of nitro benzene ring substituents is 1. The minimum atomic E-state index is -0.525. The molecule has 0 bridgehead atoms. The van der Waals surface area contributed by atoms with Gasteiger partial charge in [-0.3, -0.25) is 14.9 Å². The maximum Gasteiger partial charge on any atom is 0.282 e. The van der Waals surface area contributed by atoms with Crippen molar-refractivity contribution < 1.29 is 14.5 Å². The van der Waals surface area contributed by atoms with Crippen molar-refractivity contribution >= 4 is 11.6 Å². The molecule has 6 nitrogen and oxygen atoms in total. The summed E-state index contributed by atoms with van der Waals surface area (Å²) < 4.78 is 5.73. The van der Waals surface area contributed by atoms with E-state index in [1.54, 1.807) is 17.0 Å². The van der Waals surface area contributed by atoms with Gasteiger partial charge in [-0.25, -0.2) is 0 Å². The van der Waals surface area contributed by atoms with E-state index in [9.17, 15) is 14.9 Å². The Hall–Kier alpha value is -2.73. The summed E-state index contributed by atoms with van der Waals surface area (Å²) in [6.07, 6.45) is -0.211. The first-order chi connectivity index (χ1) is 11.2. The minimum absolute atomic E-state index is 0.117. The summed E-state index contributed by atoms with van der Waals surface area (Å²) in [4.78, 5) is 24.9. The predicted molar refractivity (Wildman–Crippen MR) is 84.1 cm³/mol. The van der Waals surface area contributed by atoms with Crippen LogP contribution in [0, 0.1) is 10.1 Å². The first-order valence-electron chi connectivity index (χ1n) is 7.36. The van der Waals surface area contributed by atoms with Crippen LogP contribution in [-0.4, -0.2) is 35.4 Å². The van der Waals surface area contributed by atoms with Crippen molar-refractivity contribution in [1.82, 2.24) is 4.90 Å². The number of benzene rings is 2. The van der Waals surface area contributed by atoms with Crippen molar-refractivity contribution in [3.63, 3.8) is 0 Å². The molecule has 3 rings (SSSR count). The summed E-state index contributed by atoms with van der Waals surface area (Å²) >= 11 is 0. The molecular weight excluding hydrogens is 296 g/mol. The van der Waals surface area contributed by atoms with Gasteiger partial charge in [-0.1, -0.05) is 42.5 Å². The highest BCUT2D eigenvalue weighted by atomic mass is 16.6. The van der Waals surface area contributed by atoms with Crippen molar-refractivity contribution in [2.45, 2.75) is 6.10 Å². The normalized spacial score (nSPS) is 17.7. The van der Waals surface area contributed by atoms with Gasteiger partial charge in [0, 0.05) is 12.6 Å². The lowest BCUT2D eigenvalue weighted by Crippen LogP contribution is -2.42. The van der Waals surface area contributed by atoms with Crippen LogP contribution >= 0.6 is 0 Å². The molecule has 1 heterocycles. The van der Waals surface area contributed by atoms with E-state index in [0.717, 1.165) is 5.56 Å². The number of amides is 1. The second-order valence-corrected chi connectivity index (χ2v) is 5.30. The average Bonchev–Trinajstić information content (AvgIpc) is 2.62. The molecule has 0 unspecified atom stereocenters. The third kappa shape index (κ3) is 3.22. The topological polar surface area (TPSA) is 72.7 Å². The Labute approximate surface area is 133 Å². The van der Waals surface area contributed by atoms with Crippen LogP contribution in [0.3, 0.4) is 0 Å². The molecule has 0 aromatic heterocycles. The zero-order valence-corrected chi connectivity index (χ0v) is 12.4. The smallest absolute Gasteiger partial charge is 0.282 e. The number of hydrogen-bond acceptors (Lipinski definition) is 4. The number of carbonyl (C=O) groups is 1. The summed E-state index contributed by atoms with van der Waals surface area (Å²) in [7, 11) is 0. The van der Waals surface area contributed by atoms with Crippen LogP contribution in [-0.2, 0) is 4.74 Å². The van der Waals surface area contributed by atoms with E-state index in [0.29, 0.717) is 19.7 Å². The molecule has 1 saturated heterocycles. The van der Waals surface area contributed by atoms with Gasteiger partial charge < -0.3 is 9.64 Å². The van der Waals surface area contributed by atoms with Crippen LogP contribution in [0.2, 0.25) is 0 Å². The molecule has 2 aromatic carbocycles. The van der Waals surface area contributed by atoms with Crippen LogP contribution in [0.25, 0.3) is 0 Å². The quantitative estimate of drug-likeness (QED) is 0.645. The van der Waals surface area contributed by atoms with Gasteiger partial charge in [0.25, 0.3) is 11.6 Å². The zero-order chi connectivity index (χ0) is 16.2. The summed E-state index contributed by atoms with van der Waals surface area (Å²) in [5.74, 6) is -0.332. The highest BCUT2D eigenvalue weighted by molar-refractivity contribution is 5.98. The second-order valence-electron chi connectivity index (χ2n) is 5.30. The van der Waals surface area contributed by atoms with Crippen molar-refractivity contribution in [2.24, 2.45) is 0 Å². The lowest BCUT2D eigenvalue weighted by Gasteiger charge is -2.33. The molecule has 0 radical (unpaired) electrons. The molecule has 1 amide bonds. The second kappa shape index (κ2) is 6.58. The fraction of sp³-hybridized carbons (Fsp3) is 0.235. The van der Waals surface area contributed by atoms with E-state index in [2.05, 4.69) is 0 Å². The van der Waals surface area contributed by atoms with Crippen LogP contribution in [0.1, 0.15) is 22.0 Å². The predicted octanol–water partition coefficient (Wildman–Crippen LogP) is 2.81. The molecule has 1 atom stereocenters. The Morgan fingerprint density at radius 3 is 2.57 bits per heavy atom. The Balaban J connectivity index is 1.82. The van der Waals surface area contributed by atoms with Gasteiger partial charge in [0.15, 0.2) is 0 Å². The van der Waals surface area contributed by atoms with E-state index in [-0.39, 0.29) is 23.3 Å². The standard InChI is InChI=1S/C17H16N2O4/c20-17(14-8-4-5-9-15(14)19(21)22)18-10-11-23-16(12-18)13-6-2-1-3-7-13/h1-9,16H,10-12H2/t16-/m1/s1. The van der Waals surface area contributed by atoms with Crippen molar-refractivity contribution in [3.05, 3.63) is 75.8 Å². The maximum absolute atomic E-state index is 12.7. The summed E-state index contributed by atoms with van der Waals surface area (Å²) in [5.41, 5.74) is 0.944. The van der Waals surface area contributed by atoms with Gasteiger partial charge in [0.05, 0.1) is 18.1 Å². The first kappa shape index (κ1) is 15.2. The molecule has 1 aliphatic heterocycles. The van der Waals surface area contributed by atoms with E-state index in [1.165, 1.54) is 12.1 Å². The van der Waals surface area contributed by atoms with Crippen molar-refractivity contribution in [1.29, 1.82) is 0 Å². The number of morpholine rings is 1. The van der Waals surface area contributed by atoms with Crippen molar-refractivity contribution in [2.75, 3.05) is 19.7 Å². The van der Waals surface area contributed by atoms with Crippen LogP contribution in [0.5, 0.6) is 0 Å². The van der Waals surface area contributed by atoms with Gasteiger partial charge in [-0.15, -0.1) is 0 Å². The molecule has 2 aromatic rings. The summed E-state index contributed by atoms with van der Waals surface area (Å²) in [5, 5.41) is 11.1. The summed E-state index contributed by atoms with van der Waals surface area (Å²) in [6.45, 7) is 1.22. The number of carbonyl (C=O) groups excluding carboxylic acids is 1. The Morgan fingerprint density at radius 2 is 1.83 bits per heavy atom. The Morgan fingerprint density at radius 1 is 1.13 bits per heavy atom. The third-order valence-electron chi connectivity index (χ3n) is 3.86. The number of rotatable bonds is 3. The Bertz CT molecular complexity index is 718. The monoisotopic (exact) mass is 312 g/mol.